The first-order chi connectivity index (χ1) is 11.6. The maximum Gasteiger partial charge on any atom is 0.311 e. The van der Waals surface area contributed by atoms with E-state index in [4.69, 9.17) is 9.47 Å². The molecule has 2 aliphatic carbocycles. The highest BCUT2D eigenvalue weighted by atomic mass is 16.5. The van der Waals surface area contributed by atoms with E-state index in [0.29, 0.717) is 6.42 Å². The van der Waals surface area contributed by atoms with Crippen molar-refractivity contribution < 1.29 is 19.1 Å². The van der Waals surface area contributed by atoms with Gasteiger partial charge in [0.1, 0.15) is 5.78 Å². The first-order valence-electron chi connectivity index (χ1n) is 9.53. The van der Waals surface area contributed by atoms with Gasteiger partial charge in [-0.15, -0.1) is 6.58 Å². The Kier molecular flexibility index (Phi) is 4.22. The minimum Gasteiger partial charge on any atom is -0.469 e. The van der Waals surface area contributed by atoms with Gasteiger partial charge in [0, 0.05) is 17.8 Å². The summed E-state index contributed by atoms with van der Waals surface area (Å²) < 4.78 is 11.9. The highest BCUT2D eigenvalue weighted by molar-refractivity contribution is 5.86. The van der Waals surface area contributed by atoms with Crippen LogP contribution in [0.1, 0.15) is 66.2 Å². The molecule has 0 radical (unpaired) electrons. The summed E-state index contributed by atoms with van der Waals surface area (Å²) in [6.45, 7) is 12.3. The third-order valence-corrected chi connectivity index (χ3v) is 7.98. The molecule has 4 nitrogen and oxygen atoms in total. The smallest absolute Gasteiger partial charge is 0.311 e. The number of methoxy groups -OCH3 is 1. The van der Waals surface area contributed by atoms with Gasteiger partial charge in [-0.1, -0.05) is 26.3 Å². The zero-order valence-electron chi connectivity index (χ0n) is 16.3. The van der Waals surface area contributed by atoms with E-state index in [1.54, 1.807) is 0 Å². The maximum atomic E-state index is 13.0. The molecule has 1 saturated heterocycles. The van der Waals surface area contributed by atoms with E-state index in [0.717, 1.165) is 32.1 Å². The fraction of sp³-hybridized carbons (Fsp3) is 0.810. The van der Waals surface area contributed by atoms with Gasteiger partial charge in [0.2, 0.25) is 0 Å². The number of Topliss-reactive ketones (excluding diaryl/α,β-unsaturated/α-hetero) is 1. The van der Waals surface area contributed by atoms with Crippen LogP contribution in [0, 0.1) is 22.7 Å². The molecule has 3 aliphatic rings. The van der Waals surface area contributed by atoms with Gasteiger partial charge < -0.3 is 9.47 Å². The van der Waals surface area contributed by atoms with Gasteiger partial charge >= 0.3 is 5.97 Å². The van der Waals surface area contributed by atoms with Crippen LogP contribution >= 0.6 is 0 Å². The Hall–Kier alpha value is -1.16. The number of ketones is 1. The molecule has 3 rings (SSSR count). The molecule has 0 unspecified atom stereocenters. The van der Waals surface area contributed by atoms with Crippen molar-refractivity contribution in [3.05, 3.63) is 12.7 Å². The summed E-state index contributed by atoms with van der Waals surface area (Å²) in [6.07, 6.45) is 6.73. The number of rotatable bonds is 2. The quantitative estimate of drug-likeness (QED) is 0.557. The first kappa shape index (κ1) is 18.6. The molecular formula is C21H32O4. The number of esters is 1. The minimum atomic E-state index is -0.624. The SMILES string of the molecule is C=C[C@]1(C)CC[C@]2(O1)[C@H](C)C(=O)C[C@@H]1[C@@](C)(C(=O)OC)CCC[C@]12C. The van der Waals surface area contributed by atoms with E-state index < -0.39 is 16.6 Å². The van der Waals surface area contributed by atoms with Crippen LogP contribution in [0.3, 0.4) is 0 Å². The monoisotopic (exact) mass is 348 g/mol. The van der Waals surface area contributed by atoms with Gasteiger partial charge in [-0.2, -0.15) is 0 Å². The highest BCUT2D eigenvalue weighted by Crippen LogP contribution is 2.67. The molecule has 0 aromatic heterocycles. The van der Waals surface area contributed by atoms with E-state index in [1.165, 1.54) is 7.11 Å². The van der Waals surface area contributed by atoms with Gasteiger partial charge in [-0.05, 0) is 45.4 Å². The summed E-state index contributed by atoms with van der Waals surface area (Å²) in [5, 5.41) is 0. The summed E-state index contributed by atoms with van der Waals surface area (Å²) in [7, 11) is 1.45. The Morgan fingerprint density at radius 2 is 1.92 bits per heavy atom. The standard InChI is InChI=1S/C21H32O4/c1-7-18(3)11-12-21(25-18)14(2)15(22)13-16-19(4,17(23)24-6)9-8-10-20(16,21)5/h7,14,16H,1,8-13H2,2-6H3/t14-,16-,18-,19+,20-,21+/m1/s1. The average Bonchev–Trinajstić information content (AvgIpc) is 2.95. The van der Waals surface area contributed by atoms with Crippen molar-refractivity contribution in [2.24, 2.45) is 22.7 Å². The second-order valence-corrected chi connectivity index (χ2v) is 9.13. The van der Waals surface area contributed by atoms with E-state index in [-0.39, 0.29) is 29.0 Å². The molecule has 1 heterocycles. The Morgan fingerprint density at radius 3 is 2.48 bits per heavy atom. The van der Waals surface area contributed by atoms with Gasteiger partial charge in [-0.25, -0.2) is 0 Å². The lowest BCUT2D eigenvalue weighted by molar-refractivity contribution is -0.234. The van der Waals surface area contributed by atoms with Crippen molar-refractivity contribution in [3.63, 3.8) is 0 Å². The van der Waals surface area contributed by atoms with Crippen LogP contribution in [0.15, 0.2) is 12.7 Å². The van der Waals surface area contributed by atoms with Crippen molar-refractivity contribution in [2.45, 2.75) is 77.4 Å². The molecule has 0 aromatic rings. The lowest BCUT2D eigenvalue weighted by Crippen LogP contribution is -2.66. The zero-order valence-corrected chi connectivity index (χ0v) is 16.3. The highest BCUT2D eigenvalue weighted by Gasteiger charge is 2.70. The van der Waals surface area contributed by atoms with Crippen LogP contribution in [0.4, 0.5) is 0 Å². The maximum absolute atomic E-state index is 13.0. The number of carbonyl (C=O) groups excluding carboxylic acids is 2. The zero-order chi connectivity index (χ0) is 18.7. The van der Waals surface area contributed by atoms with Crippen LogP contribution in [0.25, 0.3) is 0 Å². The fourth-order valence-electron chi connectivity index (χ4n) is 6.24. The van der Waals surface area contributed by atoms with Crippen LogP contribution in [0.5, 0.6) is 0 Å². The van der Waals surface area contributed by atoms with Gasteiger partial charge in [0.15, 0.2) is 0 Å². The summed E-state index contributed by atoms with van der Waals surface area (Å²) in [5.74, 6) is -0.175. The molecule has 2 saturated carbocycles. The number of carbonyl (C=O) groups is 2. The van der Waals surface area contributed by atoms with Crippen molar-refractivity contribution in [1.82, 2.24) is 0 Å². The molecule has 6 atom stereocenters. The molecule has 1 aliphatic heterocycles. The molecule has 3 fully saturated rings. The summed E-state index contributed by atoms with van der Waals surface area (Å²) >= 11 is 0. The van der Waals surface area contributed by atoms with Gasteiger partial charge in [0.25, 0.3) is 0 Å². The second-order valence-electron chi connectivity index (χ2n) is 9.13. The van der Waals surface area contributed by atoms with Gasteiger partial charge in [-0.3, -0.25) is 9.59 Å². The van der Waals surface area contributed by atoms with E-state index >= 15 is 0 Å². The molecule has 0 bridgehead atoms. The van der Waals surface area contributed by atoms with Crippen molar-refractivity contribution in [3.8, 4) is 0 Å². The molecular weight excluding hydrogens is 316 g/mol. The third kappa shape index (κ3) is 2.29. The topological polar surface area (TPSA) is 52.6 Å². The summed E-state index contributed by atoms with van der Waals surface area (Å²) in [6, 6.07) is 0. The molecule has 0 N–H and O–H groups in total. The predicted octanol–water partition coefficient (Wildman–Crippen LogP) is 4.07. The lowest BCUT2D eigenvalue weighted by Gasteiger charge is -2.62. The van der Waals surface area contributed by atoms with Crippen molar-refractivity contribution >= 4 is 11.8 Å². The normalized spacial score (nSPS) is 49.7. The molecule has 4 heteroatoms. The Labute approximate surface area is 151 Å². The molecule has 140 valence electrons. The first-order valence-corrected chi connectivity index (χ1v) is 9.53. The van der Waals surface area contributed by atoms with Crippen LogP contribution in [-0.2, 0) is 19.1 Å². The Morgan fingerprint density at radius 1 is 1.24 bits per heavy atom. The minimum absolute atomic E-state index is 0.0444. The molecule has 0 aromatic carbocycles. The Bertz CT molecular complexity index is 613. The number of ether oxygens (including phenoxy) is 2. The van der Waals surface area contributed by atoms with E-state index in [9.17, 15) is 9.59 Å². The largest absolute Gasteiger partial charge is 0.469 e. The average molecular weight is 348 g/mol. The number of hydrogen-bond acceptors (Lipinski definition) is 4. The van der Waals surface area contributed by atoms with E-state index in [1.807, 2.05) is 19.9 Å². The number of hydrogen-bond donors (Lipinski definition) is 0. The summed E-state index contributed by atoms with van der Waals surface area (Å²) in [4.78, 5) is 25.7. The van der Waals surface area contributed by atoms with Crippen molar-refractivity contribution in [2.75, 3.05) is 7.11 Å². The van der Waals surface area contributed by atoms with Crippen LogP contribution in [0.2, 0.25) is 0 Å². The lowest BCUT2D eigenvalue weighted by atomic mass is 9.44. The molecule has 25 heavy (non-hydrogen) atoms. The van der Waals surface area contributed by atoms with Crippen LogP contribution in [-0.4, -0.2) is 30.1 Å². The van der Waals surface area contributed by atoms with Gasteiger partial charge in [0.05, 0.1) is 23.7 Å². The number of fused-ring (bicyclic) bond motifs is 2. The summed E-state index contributed by atoms with van der Waals surface area (Å²) in [5.41, 5.74) is -1.77. The Balaban J connectivity index is 2.12. The fourth-order valence-corrected chi connectivity index (χ4v) is 6.24. The molecule has 1 spiro atoms. The van der Waals surface area contributed by atoms with E-state index in [2.05, 4.69) is 20.4 Å². The van der Waals surface area contributed by atoms with Crippen molar-refractivity contribution in [1.29, 1.82) is 0 Å². The third-order valence-electron chi connectivity index (χ3n) is 7.98. The van der Waals surface area contributed by atoms with Crippen LogP contribution < -0.4 is 0 Å². The predicted molar refractivity (Wildman–Crippen MR) is 96.0 cm³/mol. The second kappa shape index (κ2) is 5.67. The molecule has 0 amide bonds.